The Kier molecular flexibility index (Phi) is 5.00. The van der Waals surface area contributed by atoms with Crippen LogP contribution in [0.5, 0.6) is 0 Å². The Morgan fingerprint density at radius 2 is 1.80 bits per heavy atom. The second-order valence-corrected chi connectivity index (χ2v) is 7.33. The Morgan fingerprint density at radius 3 is 2.30 bits per heavy atom. The molecule has 0 aliphatic carbocycles. The van der Waals surface area contributed by atoms with Gasteiger partial charge in [0.1, 0.15) is 0 Å². The van der Waals surface area contributed by atoms with Gasteiger partial charge >= 0.3 is 5.97 Å². The third-order valence-electron chi connectivity index (χ3n) is 4.15. The highest BCUT2D eigenvalue weighted by molar-refractivity contribution is 7.86. The van der Waals surface area contributed by atoms with E-state index >= 15 is 0 Å². The first kappa shape index (κ1) is 15.7. The summed E-state index contributed by atoms with van der Waals surface area (Å²) in [5.74, 6) is -0.420. The first-order valence-corrected chi connectivity index (χ1v) is 8.32. The summed E-state index contributed by atoms with van der Waals surface area (Å²) in [6.07, 6.45) is 1.71. The SMILES string of the molecule is COC(=O)C1CCN(S(=O)(=O)N2CCC(CO)C2)CC1. The smallest absolute Gasteiger partial charge is 0.308 e. The molecule has 2 heterocycles. The van der Waals surface area contributed by atoms with Crippen LogP contribution in [-0.2, 0) is 19.7 Å². The van der Waals surface area contributed by atoms with Gasteiger partial charge in [0.15, 0.2) is 0 Å². The number of nitrogens with zero attached hydrogens (tertiary/aromatic N) is 2. The Labute approximate surface area is 119 Å². The van der Waals surface area contributed by atoms with E-state index in [1.165, 1.54) is 15.7 Å². The van der Waals surface area contributed by atoms with E-state index in [1.807, 2.05) is 0 Å². The molecule has 0 aromatic heterocycles. The van der Waals surface area contributed by atoms with Crippen LogP contribution in [0.3, 0.4) is 0 Å². The zero-order chi connectivity index (χ0) is 14.8. The van der Waals surface area contributed by atoms with E-state index in [0.29, 0.717) is 45.4 Å². The predicted octanol–water partition coefficient (Wildman–Crippen LogP) is -0.570. The number of ether oxygens (including phenoxy) is 1. The average molecular weight is 306 g/mol. The quantitative estimate of drug-likeness (QED) is 0.703. The molecule has 0 aromatic carbocycles. The van der Waals surface area contributed by atoms with Crippen LogP contribution in [0, 0.1) is 11.8 Å². The van der Waals surface area contributed by atoms with Gasteiger partial charge in [-0.1, -0.05) is 0 Å². The number of aliphatic hydroxyl groups is 1. The number of carbonyl (C=O) groups is 1. The number of aliphatic hydroxyl groups excluding tert-OH is 1. The minimum absolute atomic E-state index is 0.0242. The van der Waals surface area contributed by atoms with Gasteiger partial charge in [0, 0.05) is 32.8 Å². The van der Waals surface area contributed by atoms with Gasteiger partial charge in [-0.25, -0.2) is 0 Å². The molecule has 8 heteroatoms. The van der Waals surface area contributed by atoms with Crippen molar-refractivity contribution in [3.05, 3.63) is 0 Å². The van der Waals surface area contributed by atoms with Crippen molar-refractivity contribution in [2.45, 2.75) is 19.3 Å². The molecular weight excluding hydrogens is 284 g/mol. The number of hydrogen-bond acceptors (Lipinski definition) is 5. The first-order chi connectivity index (χ1) is 9.48. The van der Waals surface area contributed by atoms with Gasteiger partial charge in [-0.15, -0.1) is 0 Å². The molecule has 1 N–H and O–H groups in total. The number of piperidine rings is 1. The Morgan fingerprint density at radius 1 is 1.20 bits per heavy atom. The number of esters is 1. The van der Waals surface area contributed by atoms with Crippen molar-refractivity contribution in [1.82, 2.24) is 8.61 Å². The summed E-state index contributed by atoms with van der Waals surface area (Å²) in [4.78, 5) is 11.4. The molecule has 2 rings (SSSR count). The number of methoxy groups -OCH3 is 1. The maximum absolute atomic E-state index is 12.4. The molecule has 2 aliphatic rings. The molecule has 0 spiro atoms. The average Bonchev–Trinajstić information content (AvgIpc) is 2.96. The summed E-state index contributed by atoms with van der Waals surface area (Å²) >= 11 is 0. The van der Waals surface area contributed by atoms with E-state index < -0.39 is 10.2 Å². The molecule has 1 atom stereocenters. The largest absolute Gasteiger partial charge is 0.469 e. The first-order valence-electron chi connectivity index (χ1n) is 6.93. The van der Waals surface area contributed by atoms with Crippen molar-refractivity contribution < 1.29 is 23.1 Å². The van der Waals surface area contributed by atoms with Crippen LogP contribution in [0.2, 0.25) is 0 Å². The van der Waals surface area contributed by atoms with Crippen LogP contribution in [0.4, 0.5) is 0 Å². The molecule has 0 amide bonds. The standard InChI is InChI=1S/C12H22N2O5S/c1-19-12(16)11-3-6-13(7-4-11)20(17,18)14-5-2-10(8-14)9-15/h10-11,15H,2-9H2,1H3. The number of hydrogen-bond donors (Lipinski definition) is 1. The Bertz CT molecular complexity index is 445. The van der Waals surface area contributed by atoms with Gasteiger partial charge in [0.05, 0.1) is 13.0 Å². The summed E-state index contributed by atoms with van der Waals surface area (Å²) in [6.45, 7) is 1.57. The molecule has 0 saturated carbocycles. The summed E-state index contributed by atoms with van der Waals surface area (Å²) in [7, 11) is -2.11. The third kappa shape index (κ3) is 3.13. The molecule has 2 aliphatic heterocycles. The van der Waals surface area contributed by atoms with E-state index in [4.69, 9.17) is 9.84 Å². The van der Waals surface area contributed by atoms with E-state index in [2.05, 4.69) is 0 Å². The fourth-order valence-corrected chi connectivity index (χ4v) is 4.54. The van der Waals surface area contributed by atoms with Gasteiger partial charge in [-0.3, -0.25) is 4.79 Å². The van der Waals surface area contributed by atoms with Gasteiger partial charge in [0.25, 0.3) is 10.2 Å². The van der Waals surface area contributed by atoms with Crippen molar-refractivity contribution in [3.63, 3.8) is 0 Å². The van der Waals surface area contributed by atoms with Crippen LogP contribution >= 0.6 is 0 Å². The predicted molar refractivity (Wildman–Crippen MR) is 72.0 cm³/mol. The van der Waals surface area contributed by atoms with Crippen molar-refractivity contribution in [3.8, 4) is 0 Å². The van der Waals surface area contributed by atoms with E-state index in [1.54, 1.807) is 0 Å². The maximum atomic E-state index is 12.4. The van der Waals surface area contributed by atoms with Crippen LogP contribution in [0.25, 0.3) is 0 Å². The van der Waals surface area contributed by atoms with E-state index in [9.17, 15) is 13.2 Å². The second-order valence-electron chi connectivity index (χ2n) is 5.40. The molecule has 2 fully saturated rings. The van der Waals surface area contributed by atoms with Crippen molar-refractivity contribution in [1.29, 1.82) is 0 Å². The van der Waals surface area contributed by atoms with Crippen LogP contribution in [0.15, 0.2) is 0 Å². The monoisotopic (exact) mass is 306 g/mol. The highest BCUT2D eigenvalue weighted by Gasteiger charge is 2.38. The molecule has 0 aromatic rings. The van der Waals surface area contributed by atoms with Crippen molar-refractivity contribution >= 4 is 16.2 Å². The molecule has 7 nitrogen and oxygen atoms in total. The zero-order valence-corrected chi connectivity index (χ0v) is 12.5. The van der Waals surface area contributed by atoms with Crippen LogP contribution < -0.4 is 0 Å². The summed E-state index contributed by atoms with van der Waals surface area (Å²) in [6, 6.07) is 0. The topological polar surface area (TPSA) is 87.2 Å². The van der Waals surface area contributed by atoms with Gasteiger partial charge in [0.2, 0.25) is 0 Å². The van der Waals surface area contributed by atoms with Crippen molar-refractivity contribution in [2.24, 2.45) is 11.8 Å². The molecular formula is C12H22N2O5S. The minimum Gasteiger partial charge on any atom is -0.469 e. The normalized spacial score (nSPS) is 26.8. The molecule has 0 radical (unpaired) electrons. The second kappa shape index (κ2) is 6.38. The fourth-order valence-electron chi connectivity index (χ4n) is 2.81. The molecule has 0 bridgehead atoms. The van der Waals surface area contributed by atoms with Crippen molar-refractivity contribution in [2.75, 3.05) is 39.9 Å². The molecule has 2 saturated heterocycles. The number of carbonyl (C=O) groups excluding carboxylic acids is 1. The lowest BCUT2D eigenvalue weighted by atomic mass is 9.99. The third-order valence-corrected chi connectivity index (χ3v) is 6.15. The molecule has 20 heavy (non-hydrogen) atoms. The Hall–Kier alpha value is -0.700. The lowest BCUT2D eigenvalue weighted by Crippen LogP contribution is -2.47. The summed E-state index contributed by atoms with van der Waals surface area (Å²) < 4.78 is 32.5. The van der Waals surface area contributed by atoms with Crippen LogP contribution in [0.1, 0.15) is 19.3 Å². The van der Waals surface area contributed by atoms with Crippen LogP contribution in [-0.4, -0.2) is 68.0 Å². The molecule has 1 unspecified atom stereocenters. The Balaban J connectivity index is 1.94. The highest BCUT2D eigenvalue weighted by atomic mass is 32.2. The van der Waals surface area contributed by atoms with Gasteiger partial charge in [-0.05, 0) is 25.2 Å². The summed E-state index contributed by atoms with van der Waals surface area (Å²) in [5, 5.41) is 9.10. The van der Waals surface area contributed by atoms with Gasteiger partial charge in [-0.2, -0.15) is 17.0 Å². The van der Waals surface area contributed by atoms with Gasteiger partial charge < -0.3 is 9.84 Å². The molecule has 116 valence electrons. The highest BCUT2D eigenvalue weighted by Crippen LogP contribution is 2.25. The van der Waals surface area contributed by atoms with E-state index in [-0.39, 0.29) is 24.4 Å². The summed E-state index contributed by atoms with van der Waals surface area (Å²) in [5.41, 5.74) is 0. The lowest BCUT2D eigenvalue weighted by molar-refractivity contribution is -0.146. The van der Waals surface area contributed by atoms with E-state index in [0.717, 1.165) is 0 Å². The number of rotatable bonds is 4. The lowest BCUT2D eigenvalue weighted by Gasteiger charge is -2.32. The zero-order valence-electron chi connectivity index (χ0n) is 11.7. The fraction of sp³-hybridized carbons (Fsp3) is 0.917. The maximum Gasteiger partial charge on any atom is 0.308 e. The minimum atomic E-state index is -3.46.